The lowest BCUT2D eigenvalue weighted by atomic mass is 9.99. The van der Waals surface area contributed by atoms with E-state index in [1.807, 2.05) is 11.8 Å². The van der Waals surface area contributed by atoms with Gasteiger partial charge in [0.2, 0.25) is 0 Å². The Kier molecular flexibility index (Phi) is 9.83. The van der Waals surface area contributed by atoms with E-state index in [1.54, 1.807) is 0 Å². The Morgan fingerprint density at radius 1 is 1.44 bits per heavy atom. The molecule has 0 aliphatic heterocycles. The van der Waals surface area contributed by atoms with Gasteiger partial charge in [-0.15, -0.1) is 0 Å². The number of unbranched alkanes of at least 4 members (excludes halogenated alkanes) is 1. The van der Waals surface area contributed by atoms with Crippen molar-refractivity contribution in [1.29, 1.82) is 0 Å². The van der Waals surface area contributed by atoms with Crippen LogP contribution in [0.4, 0.5) is 0 Å². The van der Waals surface area contributed by atoms with E-state index in [-0.39, 0.29) is 12.0 Å². The highest BCUT2D eigenvalue weighted by Gasteiger charge is 2.23. The standard InChI is InChI=1S/C12H25NO2S/c1-5-10(2)11(12(14)15-3)13-8-6-7-9-16-4/h10-11,13H,5-9H2,1-4H3. The second-order valence-electron chi connectivity index (χ2n) is 4.04. The van der Waals surface area contributed by atoms with E-state index in [4.69, 9.17) is 4.74 Å². The number of thioether (sulfide) groups is 1. The topological polar surface area (TPSA) is 38.3 Å². The van der Waals surface area contributed by atoms with Gasteiger partial charge in [0, 0.05) is 0 Å². The summed E-state index contributed by atoms with van der Waals surface area (Å²) in [5, 5.41) is 3.30. The van der Waals surface area contributed by atoms with Gasteiger partial charge < -0.3 is 10.1 Å². The van der Waals surface area contributed by atoms with Gasteiger partial charge in [0.05, 0.1) is 7.11 Å². The van der Waals surface area contributed by atoms with Gasteiger partial charge in [0.15, 0.2) is 0 Å². The molecule has 0 radical (unpaired) electrons. The molecule has 1 N–H and O–H groups in total. The second kappa shape index (κ2) is 9.97. The van der Waals surface area contributed by atoms with Crippen LogP contribution in [-0.4, -0.2) is 37.7 Å². The summed E-state index contributed by atoms with van der Waals surface area (Å²) in [4.78, 5) is 11.5. The van der Waals surface area contributed by atoms with Crippen LogP contribution >= 0.6 is 11.8 Å². The number of hydrogen-bond donors (Lipinski definition) is 1. The Morgan fingerprint density at radius 2 is 2.12 bits per heavy atom. The van der Waals surface area contributed by atoms with Gasteiger partial charge in [-0.25, -0.2) is 0 Å². The summed E-state index contributed by atoms with van der Waals surface area (Å²) < 4.78 is 4.81. The number of ether oxygens (including phenoxy) is 1. The molecule has 0 aromatic heterocycles. The lowest BCUT2D eigenvalue weighted by molar-refractivity contribution is -0.144. The molecule has 0 aromatic rings. The molecule has 0 heterocycles. The summed E-state index contributed by atoms with van der Waals surface area (Å²) in [6, 6.07) is -0.149. The molecule has 0 saturated carbocycles. The van der Waals surface area contributed by atoms with E-state index in [2.05, 4.69) is 25.4 Å². The van der Waals surface area contributed by atoms with E-state index in [1.165, 1.54) is 19.3 Å². The largest absolute Gasteiger partial charge is 0.468 e. The zero-order valence-corrected chi connectivity index (χ0v) is 11.7. The number of esters is 1. The van der Waals surface area contributed by atoms with Crippen LogP contribution in [-0.2, 0) is 9.53 Å². The first-order chi connectivity index (χ1) is 7.67. The van der Waals surface area contributed by atoms with Crippen LogP contribution in [0.25, 0.3) is 0 Å². The summed E-state index contributed by atoms with van der Waals surface area (Å²) in [5.74, 6) is 1.38. The molecule has 0 amide bonds. The Balaban J connectivity index is 3.88. The van der Waals surface area contributed by atoms with Gasteiger partial charge in [-0.3, -0.25) is 4.79 Å². The molecule has 2 unspecified atom stereocenters. The first kappa shape index (κ1) is 15.8. The van der Waals surface area contributed by atoms with Crippen molar-refractivity contribution in [3.63, 3.8) is 0 Å². The lowest BCUT2D eigenvalue weighted by Gasteiger charge is -2.21. The van der Waals surface area contributed by atoms with E-state index < -0.39 is 0 Å². The maximum absolute atomic E-state index is 11.5. The number of nitrogens with one attached hydrogen (secondary N) is 1. The summed E-state index contributed by atoms with van der Waals surface area (Å²) in [6.07, 6.45) is 5.41. The molecule has 4 heteroatoms. The van der Waals surface area contributed by atoms with Crippen molar-refractivity contribution in [2.75, 3.05) is 25.7 Å². The van der Waals surface area contributed by atoms with Crippen LogP contribution in [0.1, 0.15) is 33.1 Å². The highest BCUT2D eigenvalue weighted by molar-refractivity contribution is 7.98. The van der Waals surface area contributed by atoms with Crippen LogP contribution in [0.15, 0.2) is 0 Å². The smallest absolute Gasteiger partial charge is 0.323 e. The Labute approximate surface area is 104 Å². The quantitative estimate of drug-likeness (QED) is 0.501. The van der Waals surface area contributed by atoms with Crippen LogP contribution in [0, 0.1) is 5.92 Å². The molecular weight excluding hydrogens is 222 g/mol. The maximum atomic E-state index is 11.5. The van der Waals surface area contributed by atoms with E-state index >= 15 is 0 Å². The third-order valence-corrected chi connectivity index (χ3v) is 3.50. The Bertz CT molecular complexity index is 188. The number of methoxy groups -OCH3 is 1. The predicted molar refractivity (Wildman–Crippen MR) is 70.9 cm³/mol. The summed E-state index contributed by atoms with van der Waals surface area (Å²) in [6.45, 7) is 5.07. The average molecular weight is 247 g/mol. The van der Waals surface area contributed by atoms with Crippen molar-refractivity contribution in [1.82, 2.24) is 5.32 Å². The minimum Gasteiger partial charge on any atom is -0.468 e. The van der Waals surface area contributed by atoms with Crippen LogP contribution < -0.4 is 5.32 Å². The minimum atomic E-state index is -0.149. The summed E-state index contributed by atoms with van der Waals surface area (Å²) in [7, 11) is 1.45. The van der Waals surface area contributed by atoms with Gasteiger partial charge in [0.1, 0.15) is 6.04 Å². The third-order valence-electron chi connectivity index (χ3n) is 2.81. The second-order valence-corrected chi connectivity index (χ2v) is 5.03. The van der Waals surface area contributed by atoms with Crippen LogP contribution in [0.5, 0.6) is 0 Å². The van der Waals surface area contributed by atoms with E-state index in [0.717, 1.165) is 19.4 Å². The normalized spacial score (nSPS) is 14.5. The monoisotopic (exact) mass is 247 g/mol. The molecule has 0 aliphatic rings. The fraction of sp³-hybridized carbons (Fsp3) is 0.917. The van der Waals surface area contributed by atoms with E-state index in [9.17, 15) is 4.79 Å². The van der Waals surface area contributed by atoms with Crippen molar-refractivity contribution in [3.05, 3.63) is 0 Å². The molecule has 0 rings (SSSR count). The highest BCUT2D eigenvalue weighted by atomic mass is 32.2. The number of hydrogen-bond acceptors (Lipinski definition) is 4. The zero-order valence-electron chi connectivity index (χ0n) is 10.9. The van der Waals surface area contributed by atoms with Gasteiger partial charge in [-0.1, -0.05) is 20.3 Å². The molecule has 2 atom stereocenters. The van der Waals surface area contributed by atoms with Gasteiger partial charge >= 0.3 is 5.97 Å². The molecule has 0 fully saturated rings. The third kappa shape index (κ3) is 6.38. The molecule has 96 valence electrons. The van der Waals surface area contributed by atoms with Gasteiger partial charge in [-0.2, -0.15) is 11.8 Å². The highest BCUT2D eigenvalue weighted by Crippen LogP contribution is 2.09. The first-order valence-corrected chi connectivity index (χ1v) is 7.36. The number of rotatable bonds is 9. The maximum Gasteiger partial charge on any atom is 0.323 e. The van der Waals surface area contributed by atoms with Crippen LogP contribution in [0.3, 0.4) is 0 Å². The SMILES string of the molecule is CCC(C)C(NCCCCSC)C(=O)OC. The molecule has 3 nitrogen and oxygen atoms in total. The van der Waals surface area contributed by atoms with E-state index in [0.29, 0.717) is 5.92 Å². The molecule has 16 heavy (non-hydrogen) atoms. The first-order valence-electron chi connectivity index (χ1n) is 5.97. The van der Waals surface area contributed by atoms with Crippen LogP contribution in [0.2, 0.25) is 0 Å². The number of carbonyl (C=O) groups is 1. The summed E-state index contributed by atoms with van der Waals surface area (Å²) >= 11 is 1.86. The molecule has 0 aliphatic carbocycles. The minimum absolute atomic E-state index is 0.140. The van der Waals surface area contributed by atoms with Crippen molar-refractivity contribution in [2.24, 2.45) is 5.92 Å². The molecule has 0 aromatic carbocycles. The zero-order chi connectivity index (χ0) is 12.4. The fourth-order valence-corrected chi connectivity index (χ4v) is 2.00. The Morgan fingerprint density at radius 3 is 2.62 bits per heavy atom. The van der Waals surface area contributed by atoms with Gasteiger partial charge in [0.25, 0.3) is 0 Å². The van der Waals surface area contributed by atoms with Crippen molar-refractivity contribution >= 4 is 17.7 Å². The average Bonchev–Trinajstić information content (AvgIpc) is 2.32. The molecule has 0 bridgehead atoms. The van der Waals surface area contributed by atoms with Crippen molar-refractivity contribution in [2.45, 2.75) is 39.2 Å². The lowest BCUT2D eigenvalue weighted by Crippen LogP contribution is -2.43. The molecule has 0 saturated heterocycles. The Hall–Kier alpha value is -0.220. The van der Waals surface area contributed by atoms with Gasteiger partial charge in [-0.05, 0) is 37.3 Å². The number of carbonyl (C=O) groups excluding carboxylic acids is 1. The molecular formula is C12H25NO2S. The predicted octanol–water partition coefficient (Wildman–Crippen LogP) is 2.31. The molecule has 0 spiro atoms. The fourth-order valence-electron chi connectivity index (χ4n) is 1.51. The summed E-state index contributed by atoms with van der Waals surface area (Å²) in [5.41, 5.74) is 0. The van der Waals surface area contributed by atoms with Crippen molar-refractivity contribution < 1.29 is 9.53 Å². The van der Waals surface area contributed by atoms with Crippen molar-refractivity contribution in [3.8, 4) is 0 Å².